The monoisotopic (exact) mass is 420 g/mol. The van der Waals surface area contributed by atoms with Crippen molar-refractivity contribution in [1.29, 1.82) is 0 Å². The summed E-state index contributed by atoms with van der Waals surface area (Å²) in [4.78, 5) is 16.7. The quantitative estimate of drug-likeness (QED) is 0.687. The molecule has 0 saturated carbocycles. The molecule has 0 bridgehead atoms. The number of hydrogen-bond acceptors (Lipinski definition) is 5. The van der Waals surface area contributed by atoms with Gasteiger partial charge in [0.15, 0.2) is 21.4 Å². The zero-order valence-corrected chi connectivity index (χ0v) is 17.1. The highest BCUT2D eigenvalue weighted by Gasteiger charge is 2.33. The topological polar surface area (TPSA) is 66.9 Å². The molecule has 29 heavy (non-hydrogen) atoms. The molecule has 2 aromatic carbocycles. The first-order chi connectivity index (χ1) is 13.9. The normalized spacial score (nSPS) is 17.4. The molecule has 0 aromatic heterocycles. The minimum atomic E-state index is -3.05. The standard InChI is InChI=1S/C21H25FN2O4S/c1-23(11-14-28-19-10-6-5-9-18(19)22)21(25)20(17-7-3-2-4-8-17)24-12-15-29(26,27)16-13-24/h2-10,20H,11-16H2,1H3. The molecule has 1 atom stereocenters. The zero-order chi connectivity index (χ0) is 20.9. The lowest BCUT2D eigenvalue weighted by atomic mass is 10.0. The predicted molar refractivity (Wildman–Crippen MR) is 109 cm³/mol. The van der Waals surface area contributed by atoms with Crippen LogP contribution >= 0.6 is 0 Å². The molecule has 1 aliphatic rings. The van der Waals surface area contributed by atoms with E-state index in [0.29, 0.717) is 13.1 Å². The van der Waals surface area contributed by atoms with Gasteiger partial charge in [-0.2, -0.15) is 0 Å². The number of sulfone groups is 1. The van der Waals surface area contributed by atoms with Crippen LogP contribution in [0.5, 0.6) is 5.75 Å². The van der Waals surface area contributed by atoms with Crippen molar-refractivity contribution in [2.24, 2.45) is 0 Å². The molecule has 0 aliphatic carbocycles. The van der Waals surface area contributed by atoms with Crippen LogP contribution < -0.4 is 4.74 Å². The lowest BCUT2D eigenvalue weighted by Gasteiger charge is -2.35. The molecule has 0 N–H and O–H groups in total. The Morgan fingerprint density at radius 3 is 2.38 bits per heavy atom. The Morgan fingerprint density at radius 2 is 1.72 bits per heavy atom. The van der Waals surface area contributed by atoms with Gasteiger partial charge in [0.1, 0.15) is 12.6 Å². The predicted octanol–water partition coefficient (Wildman–Crippen LogP) is 2.13. The van der Waals surface area contributed by atoms with E-state index >= 15 is 0 Å². The van der Waals surface area contributed by atoms with Crippen LogP contribution in [-0.4, -0.2) is 68.9 Å². The summed E-state index contributed by atoms with van der Waals surface area (Å²) >= 11 is 0. The fourth-order valence-corrected chi connectivity index (χ4v) is 4.53. The smallest absolute Gasteiger partial charge is 0.244 e. The molecule has 1 aliphatic heterocycles. The van der Waals surface area contributed by atoms with Crippen LogP contribution in [0.3, 0.4) is 0 Å². The lowest BCUT2D eigenvalue weighted by Crippen LogP contribution is -2.48. The Labute approximate surface area is 170 Å². The molecule has 1 amide bonds. The van der Waals surface area contributed by atoms with E-state index in [9.17, 15) is 17.6 Å². The molecule has 3 rings (SSSR count). The number of carbonyl (C=O) groups excluding carboxylic acids is 1. The van der Waals surface area contributed by atoms with E-state index in [0.717, 1.165) is 5.56 Å². The number of benzene rings is 2. The number of rotatable bonds is 7. The largest absolute Gasteiger partial charge is 0.489 e. The minimum Gasteiger partial charge on any atom is -0.489 e. The van der Waals surface area contributed by atoms with E-state index in [1.54, 1.807) is 24.1 Å². The van der Waals surface area contributed by atoms with Gasteiger partial charge in [0, 0.05) is 20.1 Å². The fraction of sp³-hybridized carbons (Fsp3) is 0.381. The van der Waals surface area contributed by atoms with Crippen LogP contribution in [-0.2, 0) is 14.6 Å². The zero-order valence-electron chi connectivity index (χ0n) is 16.3. The average Bonchev–Trinajstić information content (AvgIpc) is 2.71. The maximum Gasteiger partial charge on any atom is 0.244 e. The van der Waals surface area contributed by atoms with Crippen LogP contribution in [0.1, 0.15) is 11.6 Å². The van der Waals surface area contributed by atoms with Crippen LogP contribution in [0.2, 0.25) is 0 Å². The molecular formula is C21H25FN2O4S. The maximum absolute atomic E-state index is 13.7. The third-order valence-corrected chi connectivity index (χ3v) is 6.60. The van der Waals surface area contributed by atoms with Crippen molar-refractivity contribution in [3.05, 3.63) is 66.0 Å². The molecule has 1 heterocycles. The molecule has 156 valence electrons. The molecule has 1 saturated heterocycles. The Morgan fingerprint density at radius 1 is 1.10 bits per heavy atom. The van der Waals surface area contributed by atoms with Crippen molar-refractivity contribution >= 4 is 15.7 Å². The van der Waals surface area contributed by atoms with Gasteiger partial charge in [-0.3, -0.25) is 9.69 Å². The second kappa shape index (κ2) is 9.37. The van der Waals surface area contributed by atoms with E-state index in [-0.39, 0.29) is 36.3 Å². The SMILES string of the molecule is CN(CCOc1ccccc1F)C(=O)C(c1ccccc1)N1CCS(=O)(=O)CC1. The molecule has 1 fully saturated rings. The van der Waals surface area contributed by atoms with Crippen molar-refractivity contribution < 1.29 is 22.3 Å². The number of ether oxygens (including phenoxy) is 1. The molecule has 1 unspecified atom stereocenters. The fourth-order valence-electron chi connectivity index (χ4n) is 3.30. The van der Waals surface area contributed by atoms with E-state index in [1.165, 1.54) is 12.1 Å². The summed E-state index contributed by atoms with van der Waals surface area (Å²) in [6.07, 6.45) is 0. The number of halogens is 1. The van der Waals surface area contributed by atoms with Crippen molar-refractivity contribution in [2.75, 3.05) is 44.8 Å². The van der Waals surface area contributed by atoms with Crippen molar-refractivity contribution in [3.63, 3.8) is 0 Å². The van der Waals surface area contributed by atoms with Gasteiger partial charge in [-0.05, 0) is 17.7 Å². The maximum atomic E-state index is 13.7. The van der Waals surface area contributed by atoms with Crippen LogP contribution in [0.4, 0.5) is 4.39 Å². The Balaban J connectivity index is 1.68. The third kappa shape index (κ3) is 5.55. The Bertz CT molecular complexity index is 923. The first-order valence-corrected chi connectivity index (χ1v) is 11.3. The van der Waals surface area contributed by atoms with Gasteiger partial charge in [-0.25, -0.2) is 12.8 Å². The van der Waals surface area contributed by atoms with Crippen molar-refractivity contribution in [1.82, 2.24) is 9.80 Å². The summed E-state index contributed by atoms with van der Waals surface area (Å²) in [5, 5.41) is 0. The van der Waals surface area contributed by atoms with E-state index in [2.05, 4.69) is 0 Å². The van der Waals surface area contributed by atoms with Crippen LogP contribution in [0.15, 0.2) is 54.6 Å². The molecular weight excluding hydrogens is 395 g/mol. The summed E-state index contributed by atoms with van der Waals surface area (Å²) in [5.41, 5.74) is 0.818. The summed E-state index contributed by atoms with van der Waals surface area (Å²) in [5.74, 6) is -0.354. The van der Waals surface area contributed by atoms with Gasteiger partial charge in [0.05, 0.1) is 18.1 Å². The molecule has 0 radical (unpaired) electrons. The van der Waals surface area contributed by atoms with Gasteiger partial charge in [0.25, 0.3) is 0 Å². The van der Waals surface area contributed by atoms with Gasteiger partial charge >= 0.3 is 0 Å². The number of amides is 1. The first kappa shape index (κ1) is 21.3. The second-order valence-corrected chi connectivity index (χ2v) is 9.34. The van der Waals surface area contributed by atoms with Crippen molar-refractivity contribution in [3.8, 4) is 5.75 Å². The molecule has 8 heteroatoms. The summed E-state index contributed by atoms with van der Waals surface area (Å²) < 4.78 is 42.7. The number of nitrogens with zero attached hydrogens (tertiary/aromatic N) is 2. The molecule has 2 aromatic rings. The first-order valence-electron chi connectivity index (χ1n) is 9.49. The van der Waals surface area contributed by atoms with E-state index in [1.807, 2.05) is 35.2 Å². The highest BCUT2D eigenvalue weighted by atomic mass is 32.2. The lowest BCUT2D eigenvalue weighted by molar-refractivity contribution is -0.136. The third-order valence-electron chi connectivity index (χ3n) is 4.99. The average molecular weight is 421 g/mol. The van der Waals surface area contributed by atoms with Gasteiger partial charge in [-0.1, -0.05) is 42.5 Å². The second-order valence-electron chi connectivity index (χ2n) is 7.04. The molecule has 0 spiro atoms. The number of hydrogen-bond donors (Lipinski definition) is 0. The van der Waals surface area contributed by atoms with Crippen LogP contribution in [0.25, 0.3) is 0 Å². The van der Waals surface area contributed by atoms with Crippen LogP contribution in [0, 0.1) is 5.82 Å². The Kier molecular flexibility index (Phi) is 6.87. The van der Waals surface area contributed by atoms with Gasteiger partial charge in [0.2, 0.25) is 5.91 Å². The highest BCUT2D eigenvalue weighted by molar-refractivity contribution is 7.91. The number of likely N-dealkylation sites (N-methyl/N-ethyl adjacent to an activating group) is 1. The van der Waals surface area contributed by atoms with E-state index in [4.69, 9.17) is 4.74 Å². The van der Waals surface area contributed by atoms with Crippen molar-refractivity contribution in [2.45, 2.75) is 6.04 Å². The molecule has 6 nitrogen and oxygen atoms in total. The summed E-state index contributed by atoms with van der Waals surface area (Å²) in [6.45, 7) is 1.06. The van der Waals surface area contributed by atoms with E-state index < -0.39 is 21.7 Å². The summed E-state index contributed by atoms with van der Waals surface area (Å²) in [6, 6.07) is 14.9. The van der Waals surface area contributed by atoms with Gasteiger partial charge < -0.3 is 9.64 Å². The van der Waals surface area contributed by atoms with Gasteiger partial charge in [-0.15, -0.1) is 0 Å². The highest BCUT2D eigenvalue weighted by Crippen LogP contribution is 2.25. The summed E-state index contributed by atoms with van der Waals surface area (Å²) in [7, 11) is -1.38. The minimum absolute atomic E-state index is 0.0454. The Hall–Kier alpha value is -2.45. The number of para-hydroxylation sites is 1. The number of carbonyl (C=O) groups is 1.